The summed E-state index contributed by atoms with van der Waals surface area (Å²) in [6.45, 7) is 3.70. The van der Waals surface area contributed by atoms with Gasteiger partial charge in [-0.1, -0.05) is 13.0 Å². The second-order valence-corrected chi connectivity index (χ2v) is 3.78. The van der Waals surface area contributed by atoms with Gasteiger partial charge in [-0.2, -0.15) is 13.2 Å². The van der Waals surface area contributed by atoms with Gasteiger partial charge in [-0.3, -0.25) is 4.79 Å². The van der Waals surface area contributed by atoms with Crippen LogP contribution in [0.2, 0.25) is 0 Å². The molecule has 0 saturated carbocycles. The number of benzene rings is 1. The molecule has 0 heterocycles. The smallest absolute Gasteiger partial charge is 0.352 e. The summed E-state index contributed by atoms with van der Waals surface area (Å²) in [4.78, 5) is 11.5. The van der Waals surface area contributed by atoms with Crippen LogP contribution in [0.3, 0.4) is 0 Å². The lowest BCUT2D eigenvalue weighted by atomic mass is 10.0. The number of halogens is 3. The first kappa shape index (κ1) is 13.5. The molecule has 0 fully saturated rings. The van der Waals surface area contributed by atoms with Crippen molar-refractivity contribution in [2.24, 2.45) is 0 Å². The molecule has 2 nitrogen and oxygen atoms in total. The molecule has 94 valence electrons. The Morgan fingerprint density at radius 2 is 2.00 bits per heavy atom. The number of rotatable bonds is 3. The Morgan fingerprint density at radius 3 is 2.53 bits per heavy atom. The van der Waals surface area contributed by atoms with Gasteiger partial charge in [0.2, 0.25) is 0 Å². The summed E-state index contributed by atoms with van der Waals surface area (Å²) in [5.41, 5.74) is -0.609. The Labute approximate surface area is 97.8 Å². The van der Waals surface area contributed by atoms with Gasteiger partial charge in [-0.15, -0.1) is 0 Å². The first-order valence-corrected chi connectivity index (χ1v) is 5.32. The van der Waals surface area contributed by atoms with E-state index in [-0.39, 0.29) is 11.1 Å². The Hall–Kier alpha value is -1.52. The number of nitrogens with one attached hydrogen (secondary N) is 1. The molecule has 0 bridgehead atoms. The van der Waals surface area contributed by atoms with Gasteiger partial charge >= 0.3 is 6.18 Å². The summed E-state index contributed by atoms with van der Waals surface area (Å²) in [6, 6.07) is 3.60. The van der Waals surface area contributed by atoms with E-state index in [0.29, 0.717) is 6.54 Å². The summed E-state index contributed by atoms with van der Waals surface area (Å²) < 4.78 is 37.8. The molecule has 5 heteroatoms. The Kier molecular flexibility index (Phi) is 4.15. The number of carbonyl (C=O) groups excluding carboxylic acids is 1. The largest absolute Gasteiger partial charge is 0.416 e. The van der Waals surface area contributed by atoms with E-state index >= 15 is 0 Å². The molecule has 1 N–H and O–H groups in total. The zero-order chi connectivity index (χ0) is 13.1. The minimum Gasteiger partial charge on any atom is -0.352 e. The monoisotopic (exact) mass is 245 g/mol. The van der Waals surface area contributed by atoms with E-state index in [0.717, 1.165) is 12.5 Å². The van der Waals surface area contributed by atoms with Crippen molar-refractivity contribution < 1.29 is 18.0 Å². The minimum absolute atomic E-state index is 0.0383. The zero-order valence-electron chi connectivity index (χ0n) is 9.69. The van der Waals surface area contributed by atoms with Crippen LogP contribution >= 0.6 is 0 Å². The lowest BCUT2D eigenvalue weighted by molar-refractivity contribution is -0.138. The average molecular weight is 245 g/mol. The van der Waals surface area contributed by atoms with E-state index in [2.05, 4.69) is 5.32 Å². The van der Waals surface area contributed by atoms with Crippen molar-refractivity contribution in [3.63, 3.8) is 0 Å². The van der Waals surface area contributed by atoms with Crippen molar-refractivity contribution in [3.8, 4) is 0 Å². The van der Waals surface area contributed by atoms with E-state index in [1.54, 1.807) is 0 Å². The van der Waals surface area contributed by atoms with Crippen molar-refractivity contribution in [3.05, 3.63) is 34.9 Å². The van der Waals surface area contributed by atoms with E-state index < -0.39 is 17.6 Å². The number of carbonyl (C=O) groups is 1. The summed E-state index contributed by atoms with van der Waals surface area (Å²) in [7, 11) is 0. The van der Waals surface area contributed by atoms with Crippen molar-refractivity contribution >= 4 is 5.91 Å². The number of amides is 1. The topological polar surface area (TPSA) is 29.1 Å². The normalized spacial score (nSPS) is 11.4. The fourth-order valence-corrected chi connectivity index (χ4v) is 1.41. The molecule has 0 aromatic heterocycles. The van der Waals surface area contributed by atoms with Crippen LogP contribution in [-0.2, 0) is 6.18 Å². The number of alkyl halides is 3. The number of hydrogen-bond acceptors (Lipinski definition) is 1. The third kappa shape index (κ3) is 3.47. The highest BCUT2D eigenvalue weighted by Gasteiger charge is 2.32. The molecule has 1 aromatic rings. The zero-order valence-corrected chi connectivity index (χ0v) is 9.69. The maximum Gasteiger partial charge on any atom is 0.416 e. The second kappa shape index (κ2) is 5.21. The van der Waals surface area contributed by atoms with E-state index in [1.807, 2.05) is 6.92 Å². The van der Waals surface area contributed by atoms with E-state index in [4.69, 9.17) is 0 Å². The highest BCUT2D eigenvalue weighted by atomic mass is 19.4. The molecule has 0 aliphatic carbocycles. The van der Waals surface area contributed by atoms with Crippen LogP contribution in [-0.4, -0.2) is 12.5 Å². The van der Waals surface area contributed by atoms with Gasteiger partial charge in [0.05, 0.1) is 5.56 Å². The van der Waals surface area contributed by atoms with Crippen LogP contribution in [0.5, 0.6) is 0 Å². The summed E-state index contributed by atoms with van der Waals surface area (Å²) >= 11 is 0. The predicted octanol–water partition coefficient (Wildman–Crippen LogP) is 3.15. The fraction of sp³-hybridized carbons (Fsp3) is 0.417. The van der Waals surface area contributed by atoms with Crippen LogP contribution in [0.4, 0.5) is 13.2 Å². The Bertz CT molecular complexity index is 413. The first-order valence-electron chi connectivity index (χ1n) is 5.32. The highest BCUT2D eigenvalue weighted by molar-refractivity contribution is 5.94. The van der Waals surface area contributed by atoms with Gasteiger partial charge in [-0.25, -0.2) is 0 Å². The molecule has 1 rings (SSSR count). The summed E-state index contributed by atoms with van der Waals surface area (Å²) in [5.74, 6) is -0.475. The molecule has 0 spiro atoms. The van der Waals surface area contributed by atoms with Crippen LogP contribution < -0.4 is 5.32 Å². The molecule has 0 radical (unpaired) electrons. The molecular weight excluding hydrogens is 231 g/mol. The van der Waals surface area contributed by atoms with Crippen LogP contribution in [0.25, 0.3) is 0 Å². The molecule has 0 saturated heterocycles. The molecule has 1 amide bonds. The maximum atomic E-state index is 12.6. The molecule has 17 heavy (non-hydrogen) atoms. The summed E-state index contributed by atoms with van der Waals surface area (Å²) in [5, 5.41) is 2.54. The Morgan fingerprint density at radius 1 is 1.35 bits per heavy atom. The SMILES string of the molecule is CCCNC(=O)c1ccc(C)c(C(F)(F)F)c1. The number of aryl methyl sites for hydroxylation is 1. The van der Waals surface area contributed by atoms with Gasteiger partial charge in [0.15, 0.2) is 0 Å². The Balaban J connectivity index is 3.00. The van der Waals surface area contributed by atoms with Crippen molar-refractivity contribution in [1.82, 2.24) is 5.32 Å². The van der Waals surface area contributed by atoms with Crippen molar-refractivity contribution in [2.75, 3.05) is 6.54 Å². The lowest BCUT2D eigenvalue weighted by Crippen LogP contribution is -2.24. The maximum absolute atomic E-state index is 12.6. The molecule has 0 unspecified atom stereocenters. The standard InChI is InChI=1S/C12H14F3NO/c1-3-6-16-11(17)9-5-4-8(2)10(7-9)12(13,14)15/h4-5,7H,3,6H2,1-2H3,(H,16,17). The molecule has 0 aliphatic heterocycles. The van der Waals surface area contributed by atoms with Gasteiger partial charge in [0, 0.05) is 12.1 Å². The average Bonchev–Trinajstić information content (AvgIpc) is 2.25. The molecule has 1 aromatic carbocycles. The molecule has 0 aliphatic rings. The third-order valence-corrected chi connectivity index (χ3v) is 2.34. The summed E-state index contributed by atoms with van der Waals surface area (Å²) in [6.07, 6.45) is -3.69. The minimum atomic E-state index is -4.43. The first-order chi connectivity index (χ1) is 7.86. The molecule has 0 atom stereocenters. The second-order valence-electron chi connectivity index (χ2n) is 3.78. The van der Waals surface area contributed by atoms with Crippen molar-refractivity contribution in [2.45, 2.75) is 26.4 Å². The molecular formula is C12H14F3NO. The number of hydrogen-bond donors (Lipinski definition) is 1. The van der Waals surface area contributed by atoms with Gasteiger partial charge in [0.1, 0.15) is 0 Å². The quantitative estimate of drug-likeness (QED) is 0.870. The highest BCUT2D eigenvalue weighted by Crippen LogP contribution is 2.32. The fourth-order valence-electron chi connectivity index (χ4n) is 1.41. The van der Waals surface area contributed by atoms with Crippen LogP contribution in [0, 0.1) is 6.92 Å². The van der Waals surface area contributed by atoms with Gasteiger partial charge < -0.3 is 5.32 Å². The van der Waals surface area contributed by atoms with Crippen LogP contribution in [0.15, 0.2) is 18.2 Å². The lowest BCUT2D eigenvalue weighted by Gasteiger charge is -2.12. The van der Waals surface area contributed by atoms with Gasteiger partial charge in [0.25, 0.3) is 5.91 Å². The predicted molar refractivity (Wildman–Crippen MR) is 58.8 cm³/mol. The van der Waals surface area contributed by atoms with Gasteiger partial charge in [-0.05, 0) is 31.0 Å². The third-order valence-electron chi connectivity index (χ3n) is 2.34. The van der Waals surface area contributed by atoms with Crippen LogP contribution in [0.1, 0.15) is 34.8 Å². The van der Waals surface area contributed by atoms with Crippen molar-refractivity contribution in [1.29, 1.82) is 0 Å². The van der Waals surface area contributed by atoms with E-state index in [1.165, 1.54) is 19.1 Å². The van der Waals surface area contributed by atoms with E-state index in [9.17, 15) is 18.0 Å².